The number of hydrogen-bond donors (Lipinski definition) is 2. The molecule has 0 bridgehead atoms. The smallest absolute Gasteiger partial charge is 0.330 e. The molecule has 136 valence electrons. The molecule has 24 heavy (non-hydrogen) atoms. The van der Waals surface area contributed by atoms with E-state index in [1.54, 1.807) is 0 Å². The Morgan fingerprint density at radius 3 is 2.46 bits per heavy atom. The summed E-state index contributed by atoms with van der Waals surface area (Å²) in [6.07, 6.45) is 4.26. The molecule has 0 radical (unpaired) electrons. The number of nitrogens with zero attached hydrogens (tertiary/aromatic N) is 2. The predicted molar refractivity (Wildman–Crippen MR) is 94.4 cm³/mol. The molecule has 0 unspecified atom stereocenters. The molecule has 0 aliphatic heterocycles. The minimum absolute atomic E-state index is 0.0261. The lowest BCUT2D eigenvalue weighted by atomic mass is 10.2. The van der Waals surface area contributed by atoms with E-state index in [9.17, 15) is 14.4 Å². The Labute approximate surface area is 141 Å². The fourth-order valence-corrected chi connectivity index (χ4v) is 2.46. The lowest BCUT2D eigenvalue weighted by Crippen LogP contribution is -2.43. The average molecular weight is 340 g/mol. The second-order valence-electron chi connectivity index (χ2n) is 5.68. The van der Waals surface area contributed by atoms with Gasteiger partial charge in [0.25, 0.3) is 11.5 Å². The van der Waals surface area contributed by atoms with Crippen LogP contribution in [0.4, 0.5) is 11.5 Å². The minimum Gasteiger partial charge on any atom is -0.383 e. The van der Waals surface area contributed by atoms with Crippen molar-refractivity contribution in [3.63, 3.8) is 0 Å². The second kappa shape index (κ2) is 9.92. The Bertz CT molecular complexity index is 650. The van der Waals surface area contributed by atoms with Gasteiger partial charge in [0.15, 0.2) is 5.69 Å². The highest BCUT2D eigenvalue weighted by molar-refractivity contribution is 5.96. The van der Waals surface area contributed by atoms with Crippen LogP contribution < -0.4 is 21.9 Å². The molecule has 0 aliphatic carbocycles. The van der Waals surface area contributed by atoms with Crippen molar-refractivity contribution < 1.29 is 9.53 Å². The average Bonchev–Trinajstić information content (AvgIpc) is 2.53. The van der Waals surface area contributed by atoms with E-state index in [0.29, 0.717) is 13.1 Å². The summed E-state index contributed by atoms with van der Waals surface area (Å²) < 4.78 is 6.21. The summed E-state index contributed by atoms with van der Waals surface area (Å²) in [5.41, 5.74) is 4.90. The fourth-order valence-electron chi connectivity index (χ4n) is 2.46. The van der Waals surface area contributed by atoms with E-state index in [1.807, 2.05) is 13.8 Å². The number of aromatic nitrogens is 2. The first kappa shape index (κ1) is 20.0. The maximum absolute atomic E-state index is 12.4. The zero-order chi connectivity index (χ0) is 18.1. The number of aromatic amines is 1. The Morgan fingerprint density at radius 2 is 1.88 bits per heavy atom. The van der Waals surface area contributed by atoms with Crippen molar-refractivity contribution in [3.05, 3.63) is 20.8 Å². The minimum atomic E-state index is -0.647. The summed E-state index contributed by atoms with van der Waals surface area (Å²) >= 11 is 0. The van der Waals surface area contributed by atoms with Crippen LogP contribution in [-0.4, -0.2) is 35.7 Å². The molecule has 8 heteroatoms. The molecule has 0 fully saturated rings. The van der Waals surface area contributed by atoms with E-state index in [2.05, 4.69) is 4.98 Å². The van der Waals surface area contributed by atoms with Crippen LogP contribution in [-0.2, 0) is 16.1 Å². The summed E-state index contributed by atoms with van der Waals surface area (Å²) in [6.45, 7) is 4.64. The molecule has 1 amide bonds. The maximum Gasteiger partial charge on any atom is 0.330 e. The van der Waals surface area contributed by atoms with Gasteiger partial charge in [0.2, 0.25) is 0 Å². The van der Waals surface area contributed by atoms with E-state index in [0.717, 1.165) is 32.1 Å². The van der Waals surface area contributed by atoms with Gasteiger partial charge in [-0.25, -0.2) is 4.79 Å². The molecule has 0 aromatic carbocycles. The number of carbonyl (C=O) groups excluding carboxylic acids is 1. The van der Waals surface area contributed by atoms with E-state index < -0.39 is 11.2 Å². The van der Waals surface area contributed by atoms with Crippen LogP contribution in [0.2, 0.25) is 0 Å². The summed E-state index contributed by atoms with van der Waals surface area (Å²) in [5, 5.41) is 0. The third kappa shape index (κ3) is 4.95. The largest absolute Gasteiger partial charge is 0.383 e. The summed E-state index contributed by atoms with van der Waals surface area (Å²) in [4.78, 5) is 40.2. The Kier molecular flexibility index (Phi) is 8.25. The molecular weight excluding hydrogens is 312 g/mol. The van der Waals surface area contributed by atoms with Gasteiger partial charge in [0.1, 0.15) is 12.4 Å². The Balaban J connectivity index is 3.31. The molecule has 1 aromatic heterocycles. The van der Waals surface area contributed by atoms with Crippen LogP contribution in [0, 0.1) is 0 Å². The molecule has 1 heterocycles. The predicted octanol–water partition coefficient (Wildman–Crippen LogP) is 1.09. The van der Waals surface area contributed by atoms with Gasteiger partial charge in [-0.2, -0.15) is 0 Å². The van der Waals surface area contributed by atoms with Gasteiger partial charge in [-0.15, -0.1) is 0 Å². The first-order valence-corrected chi connectivity index (χ1v) is 8.39. The van der Waals surface area contributed by atoms with Gasteiger partial charge in [0, 0.05) is 20.2 Å². The SMILES string of the molecule is CCCCCN(C(=O)COC)c1c(N)n(CCCC)c(=O)[nH]c1=O. The van der Waals surface area contributed by atoms with Crippen LogP contribution in [0.3, 0.4) is 0 Å². The molecule has 0 saturated heterocycles. The molecule has 1 aromatic rings. The van der Waals surface area contributed by atoms with Crippen LogP contribution in [0.25, 0.3) is 0 Å². The number of carbonyl (C=O) groups is 1. The standard InChI is InChI=1S/C16H28N4O4/c1-4-6-8-10-19(12(21)11-24-3)13-14(17)20(9-7-5-2)16(23)18-15(13)22/h4-11,17H2,1-3H3,(H,18,22,23). The zero-order valence-electron chi connectivity index (χ0n) is 14.8. The fraction of sp³-hybridized carbons (Fsp3) is 0.688. The van der Waals surface area contributed by atoms with Gasteiger partial charge in [-0.1, -0.05) is 33.1 Å². The van der Waals surface area contributed by atoms with Crippen molar-refractivity contribution in [1.82, 2.24) is 9.55 Å². The highest BCUT2D eigenvalue weighted by Gasteiger charge is 2.23. The highest BCUT2D eigenvalue weighted by Crippen LogP contribution is 2.18. The van der Waals surface area contributed by atoms with Gasteiger partial charge in [-0.3, -0.25) is 19.1 Å². The van der Waals surface area contributed by atoms with E-state index in [1.165, 1.54) is 16.6 Å². The number of methoxy groups -OCH3 is 1. The van der Waals surface area contributed by atoms with Gasteiger partial charge < -0.3 is 15.4 Å². The molecule has 3 N–H and O–H groups in total. The molecule has 1 rings (SSSR count). The van der Waals surface area contributed by atoms with Gasteiger partial charge in [0.05, 0.1) is 0 Å². The number of nitrogens with one attached hydrogen (secondary N) is 1. The maximum atomic E-state index is 12.4. The lowest BCUT2D eigenvalue weighted by Gasteiger charge is -2.24. The van der Waals surface area contributed by atoms with Crippen molar-refractivity contribution in [2.45, 2.75) is 52.5 Å². The Hall–Kier alpha value is -2.09. The molecule has 0 aliphatic rings. The van der Waals surface area contributed by atoms with Gasteiger partial charge in [-0.05, 0) is 12.8 Å². The van der Waals surface area contributed by atoms with E-state index >= 15 is 0 Å². The topological polar surface area (TPSA) is 110 Å². The number of H-pyrrole nitrogens is 1. The summed E-state index contributed by atoms with van der Waals surface area (Å²) in [7, 11) is 1.41. The van der Waals surface area contributed by atoms with Crippen molar-refractivity contribution >= 4 is 17.4 Å². The lowest BCUT2D eigenvalue weighted by molar-refractivity contribution is -0.122. The highest BCUT2D eigenvalue weighted by atomic mass is 16.5. The number of ether oxygens (including phenoxy) is 1. The van der Waals surface area contributed by atoms with Crippen LogP contribution in [0.1, 0.15) is 46.0 Å². The van der Waals surface area contributed by atoms with Crippen LogP contribution in [0.15, 0.2) is 9.59 Å². The number of hydrogen-bond acceptors (Lipinski definition) is 5. The van der Waals surface area contributed by atoms with Crippen LogP contribution in [0.5, 0.6) is 0 Å². The van der Waals surface area contributed by atoms with Gasteiger partial charge >= 0.3 is 5.69 Å². The van der Waals surface area contributed by atoms with Crippen molar-refractivity contribution in [1.29, 1.82) is 0 Å². The third-order valence-electron chi connectivity index (χ3n) is 3.77. The number of rotatable bonds is 10. The second-order valence-corrected chi connectivity index (χ2v) is 5.68. The van der Waals surface area contributed by atoms with Crippen molar-refractivity contribution in [2.75, 3.05) is 30.9 Å². The molecule has 0 saturated carbocycles. The zero-order valence-corrected chi connectivity index (χ0v) is 14.8. The third-order valence-corrected chi connectivity index (χ3v) is 3.77. The molecular formula is C16H28N4O4. The Morgan fingerprint density at radius 1 is 1.21 bits per heavy atom. The number of anilines is 2. The number of nitrogens with two attached hydrogens (primary N) is 1. The van der Waals surface area contributed by atoms with Crippen molar-refractivity contribution in [2.24, 2.45) is 0 Å². The quantitative estimate of drug-likeness (QED) is 0.619. The monoisotopic (exact) mass is 340 g/mol. The summed E-state index contributed by atoms with van der Waals surface area (Å²) in [6, 6.07) is 0. The van der Waals surface area contributed by atoms with Crippen molar-refractivity contribution in [3.8, 4) is 0 Å². The summed E-state index contributed by atoms with van der Waals surface area (Å²) in [5.74, 6) is -0.329. The number of unbranched alkanes of at least 4 members (excludes halogenated alkanes) is 3. The molecule has 8 nitrogen and oxygen atoms in total. The van der Waals surface area contributed by atoms with Crippen LogP contribution >= 0.6 is 0 Å². The molecule has 0 atom stereocenters. The van der Waals surface area contributed by atoms with E-state index in [4.69, 9.17) is 10.5 Å². The molecule has 0 spiro atoms. The first-order chi connectivity index (χ1) is 11.5. The van der Waals surface area contributed by atoms with E-state index in [-0.39, 0.29) is 24.0 Å². The first-order valence-electron chi connectivity index (χ1n) is 8.39. The number of amides is 1. The normalized spacial score (nSPS) is 10.8. The number of nitrogen functional groups attached to an aromatic ring is 1.